The number of fused-ring (bicyclic) bond motifs is 1. The Hall–Kier alpha value is -2.80. The molecular formula is C19H18F2N4O. The second kappa shape index (κ2) is 6.49. The summed E-state index contributed by atoms with van der Waals surface area (Å²) in [5.74, 6) is -1.12. The summed E-state index contributed by atoms with van der Waals surface area (Å²) in [6.07, 6.45) is 1.34. The first-order valence-corrected chi connectivity index (χ1v) is 8.45. The first-order chi connectivity index (χ1) is 12.5. The van der Waals surface area contributed by atoms with Crippen molar-refractivity contribution in [3.63, 3.8) is 0 Å². The molecule has 4 rings (SSSR count). The predicted molar refractivity (Wildman–Crippen MR) is 94.7 cm³/mol. The van der Waals surface area contributed by atoms with Gasteiger partial charge in [0.25, 0.3) is 5.91 Å². The van der Waals surface area contributed by atoms with Crippen LogP contribution in [0.15, 0.2) is 42.6 Å². The zero-order valence-corrected chi connectivity index (χ0v) is 14.0. The van der Waals surface area contributed by atoms with Crippen LogP contribution in [-0.4, -0.2) is 34.9 Å². The number of nitrogens with zero attached hydrogens (tertiary/aromatic N) is 2. The van der Waals surface area contributed by atoms with Crippen molar-refractivity contribution in [3.8, 4) is 5.69 Å². The molecule has 1 fully saturated rings. The van der Waals surface area contributed by atoms with Crippen LogP contribution in [0.25, 0.3) is 16.6 Å². The topological polar surface area (TPSA) is 72.9 Å². The number of amides is 1. The van der Waals surface area contributed by atoms with Crippen molar-refractivity contribution in [1.29, 1.82) is 0 Å². The van der Waals surface area contributed by atoms with Crippen LogP contribution in [0.5, 0.6) is 0 Å². The molecule has 2 aromatic carbocycles. The van der Waals surface area contributed by atoms with E-state index in [1.54, 1.807) is 10.9 Å². The van der Waals surface area contributed by atoms with Crippen LogP contribution in [0.1, 0.15) is 28.3 Å². The van der Waals surface area contributed by atoms with Gasteiger partial charge in [0.2, 0.25) is 0 Å². The first kappa shape index (κ1) is 16.7. The number of nitrogens with two attached hydrogens (primary N) is 1. The molecule has 0 saturated carbocycles. The van der Waals surface area contributed by atoms with Gasteiger partial charge in [-0.15, -0.1) is 0 Å². The molecule has 1 aromatic heterocycles. The number of halogens is 2. The Kier molecular flexibility index (Phi) is 4.16. The van der Waals surface area contributed by atoms with Gasteiger partial charge in [0.15, 0.2) is 0 Å². The molecule has 0 aliphatic carbocycles. The van der Waals surface area contributed by atoms with Crippen molar-refractivity contribution in [2.45, 2.75) is 18.5 Å². The Labute approximate surface area is 148 Å². The smallest absolute Gasteiger partial charge is 0.251 e. The van der Waals surface area contributed by atoms with E-state index in [1.807, 2.05) is 24.3 Å². The minimum atomic E-state index is -0.827. The van der Waals surface area contributed by atoms with E-state index in [0.717, 1.165) is 23.9 Å². The van der Waals surface area contributed by atoms with Crippen LogP contribution in [0.2, 0.25) is 0 Å². The molecule has 1 amide bonds. The highest BCUT2D eigenvalue weighted by Crippen LogP contribution is 2.26. The van der Waals surface area contributed by atoms with Gasteiger partial charge >= 0.3 is 0 Å². The standard InChI is InChI=1S/C19H18F2N4O/c20-14-6-13-10-25(24-18(13)17(7-14)19(22)26)16-3-1-11(2-4-16)12-5-15(21)9-23-8-12/h1-4,6-7,10,12,15,23H,5,8-9H2,(H2,22,26). The summed E-state index contributed by atoms with van der Waals surface area (Å²) in [6.45, 7) is 1.17. The Balaban J connectivity index is 1.67. The fourth-order valence-electron chi connectivity index (χ4n) is 3.46. The zero-order valence-electron chi connectivity index (χ0n) is 14.0. The molecule has 1 aliphatic rings. The van der Waals surface area contributed by atoms with E-state index in [9.17, 15) is 13.6 Å². The van der Waals surface area contributed by atoms with E-state index < -0.39 is 17.9 Å². The van der Waals surface area contributed by atoms with Gasteiger partial charge in [-0.05, 0) is 42.2 Å². The molecule has 0 spiro atoms. The van der Waals surface area contributed by atoms with E-state index in [2.05, 4.69) is 10.4 Å². The highest BCUT2D eigenvalue weighted by Gasteiger charge is 2.22. The number of hydrogen-bond donors (Lipinski definition) is 2. The van der Waals surface area contributed by atoms with Crippen molar-refractivity contribution in [3.05, 3.63) is 59.5 Å². The van der Waals surface area contributed by atoms with Crippen LogP contribution in [-0.2, 0) is 0 Å². The quantitative estimate of drug-likeness (QED) is 0.758. The van der Waals surface area contributed by atoms with E-state index in [1.165, 1.54) is 6.07 Å². The fourth-order valence-corrected chi connectivity index (χ4v) is 3.46. The van der Waals surface area contributed by atoms with Gasteiger partial charge in [0.1, 0.15) is 17.5 Å². The predicted octanol–water partition coefficient (Wildman–Crippen LogP) is 2.68. The molecule has 1 saturated heterocycles. The summed E-state index contributed by atoms with van der Waals surface area (Å²) in [4.78, 5) is 11.5. The van der Waals surface area contributed by atoms with Crippen molar-refractivity contribution in [1.82, 2.24) is 15.1 Å². The normalized spacial score (nSPS) is 20.4. The molecule has 0 radical (unpaired) electrons. The first-order valence-electron chi connectivity index (χ1n) is 8.45. The Morgan fingerprint density at radius 3 is 2.69 bits per heavy atom. The van der Waals surface area contributed by atoms with E-state index >= 15 is 0 Å². The summed E-state index contributed by atoms with van der Waals surface area (Å²) < 4.78 is 28.8. The number of carbonyl (C=O) groups is 1. The number of hydrogen-bond acceptors (Lipinski definition) is 3. The highest BCUT2D eigenvalue weighted by atomic mass is 19.1. The van der Waals surface area contributed by atoms with E-state index in [4.69, 9.17) is 5.73 Å². The second-order valence-electron chi connectivity index (χ2n) is 6.61. The van der Waals surface area contributed by atoms with Gasteiger partial charge in [-0.25, -0.2) is 13.5 Å². The van der Waals surface area contributed by atoms with E-state index in [-0.39, 0.29) is 11.5 Å². The lowest BCUT2D eigenvalue weighted by Crippen LogP contribution is -2.36. The molecule has 7 heteroatoms. The lowest BCUT2D eigenvalue weighted by Gasteiger charge is -2.26. The number of aromatic nitrogens is 2. The number of alkyl halides is 1. The average Bonchev–Trinajstić information content (AvgIpc) is 3.04. The number of primary amides is 1. The SMILES string of the molecule is NC(=O)c1cc(F)cc2cn(-c3ccc(C4CNCC(F)C4)cc3)nc12. The van der Waals surface area contributed by atoms with Crippen LogP contribution in [0.3, 0.4) is 0 Å². The van der Waals surface area contributed by atoms with Crippen LogP contribution in [0.4, 0.5) is 8.78 Å². The molecule has 134 valence electrons. The molecule has 3 N–H and O–H groups in total. The number of benzene rings is 2. The molecular weight excluding hydrogens is 338 g/mol. The van der Waals surface area contributed by atoms with Crippen molar-refractivity contribution >= 4 is 16.8 Å². The maximum atomic E-state index is 13.7. The molecule has 26 heavy (non-hydrogen) atoms. The van der Waals surface area contributed by atoms with Gasteiger partial charge in [-0.1, -0.05) is 12.1 Å². The third-order valence-electron chi connectivity index (χ3n) is 4.76. The van der Waals surface area contributed by atoms with Crippen molar-refractivity contribution in [2.24, 2.45) is 5.73 Å². The minimum absolute atomic E-state index is 0.0534. The Bertz CT molecular complexity index is 968. The fraction of sp³-hybridized carbons (Fsp3) is 0.263. The largest absolute Gasteiger partial charge is 0.366 e. The Morgan fingerprint density at radius 1 is 1.23 bits per heavy atom. The molecule has 2 unspecified atom stereocenters. The third kappa shape index (κ3) is 3.06. The van der Waals surface area contributed by atoms with Gasteiger partial charge in [0, 0.05) is 24.7 Å². The maximum absolute atomic E-state index is 13.7. The average molecular weight is 356 g/mol. The van der Waals surface area contributed by atoms with Crippen LogP contribution < -0.4 is 11.1 Å². The van der Waals surface area contributed by atoms with Crippen LogP contribution >= 0.6 is 0 Å². The number of rotatable bonds is 3. The van der Waals surface area contributed by atoms with Gasteiger partial charge in [-0.3, -0.25) is 4.79 Å². The monoisotopic (exact) mass is 356 g/mol. The van der Waals surface area contributed by atoms with Crippen LogP contribution in [0, 0.1) is 5.82 Å². The maximum Gasteiger partial charge on any atom is 0.251 e. The number of nitrogens with one attached hydrogen (secondary N) is 1. The number of carbonyl (C=O) groups excluding carboxylic acids is 1. The lowest BCUT2D eigenvalue weighted by molar-refractivity contribution is 0.100. The molecule has 3 aromatic rings. The summed E-state index contributed by atoms with van der Waals surface area (Å²) >= 11 is 0. The highest BCUT2D eigenvalue weighted by molar-refractivity contribution is 6.04. The van der Waals surface area contributed by atoms with Crippen molar-refractivity contribution in [2.75, 3.05) is 13.1 Å². The summed E-state index contributed by atoms with van der Waals surface area (Å²) in [7, 11) is 0. The van der Waals surface area contributed by atoms with E-state index in [0.29, 0.717) is 23.9 Å². The molecule has 2 atom stereocenters. The van der Waals surface area contributed by atoms with Crippen molar-refractivity contribution < 1.29 is 13.6 Å². The third-order valence-corrected chi connectivity index (χ3v) is 4.76. The van der Waals surface area contributed by atoms with Gasteiger partial charge in [0.05, 0.1) is 11.3 Å². The van der Waals surface area contributed by atoms with Gasteiger partial charge < -0.3 is 11.1 Å². The van der Waals surface area contributed by atoms with Gasteiger partial charge in [-0.2, -0.15) is 5.10 Å². The Morgan fingerprint density at radius 2 is 2.00 bits per heavy atom. The molecule has 0 bridgehead atoms. The number of piperidine rings is 1. The minimum Gasteiger partial charge on any atom is -0.366 e. The molecule has 5 nitrogen and oxygen atoms in total. The molecule has 1 aliphatic heterocycles. The second-order valence-corrected chi connectivity index (χ2v) is 6.61. The zero-order chi connectivity index (χ0) is 18.3. The summed E-state index contributed by atoms with van der Waals surface area (Å²) in [6, 6.07) is 10.1. The summed E-state index contributed by atoms with van der Waals surface area (Å²) in [5, 5.41) is 7.97. The summed E-state index contributed by atoms with van der Waals surface area (Å²) in [5.41, 5.74) is 7.56. The lowest BCUT2D eigenvalue weighted by atomic mass is 9.91. The molecule has 2 heterocycles.